The molecule has 2 aromatic heterocycles. The minimum absolute atomic E-state index is 1.17. The van der Waals surface area contributed by atoms with Crippen LogP contribution >= 0.6 is 0 Å². The molecule has 0 aliphatic rings. The number of hydrogen-bond donors (Lipinski definition) is 1. The zero-order chi connectivity index (χ0) is 34.0. The second-order valence-corrected chi connectivity index (χ2v) is 12.7. The summed E-state index contributed by atoms with van der Waals surface area (Å²) in [5.74, 6) is 0. The van der Waals surface area contributed by atoms with Crippen molar-refractivity contribution in [1.29, 1.82) is 0 Å². The van der Waals surface area contributed by atoms with Gasteiger partial charge in [0.25, 0.3) is 0 Å². The normalized spacial score (nSPS) is 11.1. The second kappa shape index (κ2) is 13.2. The Hall–Kier alpha value is -6.84. The molecule has 51 heavy (non-hydrogen) atoms. The van der Waals surface area contributed by atoms with E-state index in [2.05, 4.69) is 203 Å². The van der Waals surface area contributed by atoms with E-state index in [0.29, 0.717) is 0 Å². The van der Waals surface area contributed by atoms with Crippen molar-refractivity contribution in [3.63, 3.8) is 0 Å². The van der Waals surface area contributed by atoms with Crippen LogP contribution in [0.4, 0.5) is 17.1 Å². The summed E-state index contributed by atoms with van der Waals surface area (Å²) in [6.45, 7) is 0. The van der Waals surface area contributed by atoms with Crippen LogP contribution in [0.15, 0.2) is 206 Å². The summed E-state index contributed by atoms with van der Waals surface area (Å²) in [5, 5.41) is 5.11. The fourth-order valence-electron chi connectivity index (χ4n) is 7.32. The lowest BCUT2D eigenvalue weighted by Crippen LogP contribution is -2.09. The molecular formula is C48H35N3. The fourth-order valence-corrected chi connectivity index (χ4v) is 7.32. The Morgan fingerprint density at radius 1 is 0.373 bits per heavy atom. The molecule has 0 bridgehead atoms. The van der Waals surface area contributed by atoms with E-state index >= 15 is 0 Å². The topological polar surface area (TPSA) is 24.0 Å². The van der Waals surface area contributed by atoms with Gasteiger partial charge in [0.05, 0.1) is 11.0 Å². The molecule has 3 heteroatoms. The maximum Gasteiger partial charge on any atom is 0.0541 e. The zero-order valence-electron chi connectivity index (χ0n) is 28.0. The van der Waals surface area contributed by atoms with Gasteiger partial charge in [-0.1, -0.05) is 127 Å². The molecule has 8 aromatic carbocycles. The number of nitrogens with one attached hydrogen (secondary N) is 1. The predicted molar refractivity (Wildman–Crippen MR) is 217 cm³/mol. The summed E-state index contributed by atoms with van der Waals surface area (Å²) in [7, 11) is 0. The quantitative estimate of drug-likeness (QED) is 0.196. The highest BCUT2D eigenvalue weighted by Crippen LogP contribution is 2.39. The molecule has 0 unspecified atom stereocenters. The Morgan fingerprint density at radius 2 is 0.882 bits per heavy atom. The number of aromatic nitrogens is 2. The summed E-state index contributed by atoms with van der Waals surface area (Å²) in [4.78, 5) is 5.83. The molecule has 0 aliphatic carbocycles. The first kappa shape index (κ1) is 30.2. The van der Waals surface area contributed by atoms with Crippen molar-refractivity contribution < 1.29 is 0 Å². The van der Waals surface area contributed by atoms with Gasteiger partial charge < -0.3 is 14.5 Å². The van der Waals surface area contributed by atoms with Crippen molar-refractivity contribution in [3.05, 3.63) is 206 Å². The third-order valence-electron chi connectivity index (χ3n) is 9.57. The first-order valence-corrected chi connectivity index (χ1v) is 17.4. The van der Waals surface area contributed by atoms with E-state index in [-0.39, 0.29) is 0 Å². The average Bonchev–Trinajstić information content (AvgIpc) is 3.76. The van der Waals surface area contributed by atoms with Crippen molar-refractivity contribution in [1.82, 2.24) is 9.55 Å². The number of aromatic amines is 1. The fraction of sp³-hybridized carbons (Fsp3) is 0. The van der Waals surface area contributed by atoms with Gasteiger partial charge in [-0.2, -0.15) is 0 Å². The monoisotopic (exact) mass is 653 g/mol. The number of benzene rings is 8. The van der Waals surface area contributed by atoms with Crippen LogP contribution in [0.25, 0.3) is 60.4 Å². The van der Waals surface area contributed by atoms with Crippen molar-refractivity contribution in [2.45, 2.75) is 0 Å². The number of nitrogens with zero attached hydrogens (tertiary/aromatic N) is 2. The number of para-hydroxylation sites is 6. The lowest BCUT2D eigenvalue weighted by Gasteiger charge is -2.25. The van der Waals surface area contributed by atoms with E-state index in [0.717, 1.165) is 0 Å². The molecule has 0 atom stereocenters. The molecular weight excluding hydrogens is 619 g/mol. The molecule has 0 saturated carbocycles. The maximum atomic E-state index is 3.58. The van der Waals surface area contributed by atoms with E-state index in [1.165, 1.54) is 77.5 Å². The first-order chi connectivity index (χ1) is 25.3. The molecule has 10 rings (SSSR count). The minimum Gasteiger partial charge on any atom is -0.354 e. The SMILES string of the molecule is c1ccc(-n2c3ccccc3c3cc(-c4cccc5[nH]c6ccccc6c45)ccc32)cc1.c1ccc(N(c2ccccc2)c2ccccc2)cc1. The summed E-state index contributed by atoms with van der Waals surface area (Å²) < 4.78 is 2.36. The molecule has 2 heterocycles. The van der Waals surface area contributed by atoms with Gasteiger partial charge >= 0.3 is 0 Å². The van der Waals surface area contributed by atoms with Crippen molar-refractivity contribution in [2.24, 2.45) is 0 Å². The number of rotatable bonds is 5. The van der Waals surface area contributed by atoms with Crippen LogP contribution in [0, 0.1) is 0 Å². The van der Waals surface area contributed by atoms with E-state index in [9.17, 15) is 0 Å². The average molecular weight is 654 g/mol. The standard InChI is InChI=1S/C30H20N2.C18H15N/c1-2-9-21(10-3-1)32-28-16-7-5-11-23(28)25-19-20(17-18-29(25)32)22-13-8-15-27-30(22)24-12-4-6-14-26(24)31-27;1-4-10-16(11-5-1)19(17-12-6-2-7-13-17)18-14-8-3-9-15-18/h1-19,31H;1-15H. The Kier molecular flexibility index (Phi) is 7.84. The molecule has 0 saturated heterocycles. The van der Waals surface area contributed by atoms with Gasteiger partial charge in [0, 0.05) is 55.3 Å². The van der Waals surface area contributed by atoms with Crippen LogP contribution in [-0.4, -0.2) is 9.55 Å². The molecule has 0 fully saturated rings. The largest absolute Gasteiger partial charge is 0.354 e. The van der Waals surface area contributed by atoms with Crippen molar-refractivity contribution in [2.75, 3.05) is 4.90 Å². The maximum absolute atomic E-state index is 3.58. The van der Waals surface area contributed by atoms with Gasteiger partial charge in [0.2, 0.25) is 0 Å². The number of hydrogen-bond acceptors (Lipinski definition) is 1. The third-order valence-corrected chi connectivity index (χ3v) is 9.57. The lowest BCUT2D eigenvalue weighted by atomic mass is 9.98. The van der Waals surface area contributed by atoms with Gasteiger partial charge in [-0.15, -0.1) is 0 Å². The third kappa shape index (κ3) is 5.61. The minimum atomic E-state index is 1.17. The highest BCUT2D eigenvalue weighted by molar-refractivity contribution is 6.16. The van der Waals surface area contributed by atoms with Crippen LogP contribution in [0.2, 0.25) is 0 Å². The molecule has 10 aromatic rings. The smallest absolute Gasteiger partial charge is 0.0541 e. The summed E-state index contributed by atoms with van der Waals surface area (Å²) in [6.07, 6.45) is 0. The van der Waals surface area contributed by atoms with Crippen LogP contribution in [0.3, 0.4) is 0 Å². The highest BCUT2D eigenvalue weighted by atomic mass is 15.1. The van der Waals surface area contributed by atoms with Crippen molar-refractivity contribution in [3.8, 4) is 16.8 Å². The Bertz CT molecular complexity index is 2630. The first-order valence-electron chi connectivity index (χ1n) is 17.4. The van der Waals surface area contributed by atoms with E-state index in [1.54, 1.807) is 0 Å². The highest BCUT2D eigenvalue weighted by Gasteiger charge is 2.15. The van der Waals surface area contributed by atoms with Gasteiger partial charge in [-0.3, -0.25) is 0 Å². The van der Waals surface area contributed by atoms with E-state index in [1.807, 2.05) is 18.2 Å². The van der Waals surface area contributed by atoms with Gasteiger partial charge in [0.1, 0.15) is 0 Å². The summed E-state index contributed by atoms with van der Waals surface area (Å²) in [6, 6.07) is 72.5. The summed E-state index contributed by atoms with van der Waals surface area (Å²) >= 11 is 0. The van der Waals surface area contributed by atoms with Crippen LogP contribution in [0.1, 0.15) is 0 Å². The molecule has 242 valence electrons. The number of H-pyrrole nitrogens is 1. The van der Waals surface area contributed by atoms with Crippen LogP contribution < -0.4 is 4.90 Å². The predicted octanol–water partition coefficient (Wildman–Crippen LogP) is 13.2. The molecule has 0 amide bonds. The van der Waals surface area contributed by atoms with Crippen LogP contribution in [0.5, 0.6) is 0 Å². The Balaban J connectivity index is 0.000000157. The molecule has 3 nitrogen and oxygen atoms in total. The lowest BCUT2D eigenvalue weighted by molar-refractivity contribution is 1.18. The second-order valence-electron chi connectivity index (χ2n) is 12.7. The van der Waals surface area contributed by atoms with Gasteiger partial charge in [-0.25, -0.2) is 0 Å². The van der Waals surface area contributed by atoms with Gasteiger partial charge in [0.15, 0.2) is 0 Å². The summed E-state index contributed by atoms with van der Waals surface area (Å²) in [5.41, 5.74) is 12.0. The zero-order valence-corrected chi connectivity index (χ0v) is 28.0. The number of anilines is 3. The Morgan fingerprint density at radius 3 is 1.53 bits per heavy atom. The van der Waals surface area contributed by atoms with Crippen LogP contribution in [-0.2, 0) is 0 Å². The number of fused-ring (bicyclic) bond motifs is 6. The molecule has 0 spiro atoms. The van der Waals surface area contributed by atoms with Gasteiger partial charge in [-0.05, 0) is 90.0 Å². The van der Waals surface area contributed by atoms with E-state index in [4.69, 9.17) is 0 Å². The van der Waals surface area contributed by atoms with Crippen molar-refractivity contribution >= 4 is 60.7 Å². The van der Waals surface area contributed by atoms with E-state index < -0.39 is 0 Å². The molecule has 0 radical (unpaired) electrons. The Labute approximate surface area is 297 Å². The molecule has 0 aliphatic heterocycles. The molecule has 1 N–H and O–H groups in total.